The number of hydrogen-bond donors (Lipinski definition) is 2. The first kappa shape index (κ1) is 22.6. The minimum atomic E-state index is -0.627. The molecule has 0 saturated heterocycles. The van der Waals surface area contributed by atoms with E-state index in [1.54, 1.807) is 42.5 Å². The van der Waals surface area contributed by atoms with E-state index in [2.05, 4.69) is 10.6 Å². The van der Waals surface area contributed by atoms with Gasteiger partial charge in [0.1, 0.15) is 10.7 Å². The van der Waals surface area contributed by atoms with E-state index in [0.717, 1.165) is 21.7 Å². The molecule has 0 bridgehead atoms. The molecule has 3 aromatic rings. The molecule has 2 N–H and O–H groups in total. The van der Waals surface area contributed by atoms with Gasteiger partial charge in [0.15, 0.2) is 0 Å². The van der Waals surface area contributed by atoms with E-state index in [4.69, 9.17) is 23.2 Å². The predicted molar refractivity (Wildman–Crippen MR) is 130 cm³/mol. The number of nitrogens with zero attached hydrogens (tertiary/aromatic N) is 1. The topological polar surface area (TPSA) is 78.5 Å². The molecule has 166 valence electrons. The molecule has 1 aliphatic heterocycles. The lowest BCUT2D eigenvalue weighted by Crippen LogP contribution is -2.32. The summed E-state index contributed by atoms with van der Waals surface area (Å²) >= 11 is 12.3. The van der Waals surface area contributed by atoms with Gasteiger partial charge >= 0.3 is 0 Å². The molecule has 8 heteroatoms. The van der Waals surface area contributed by atoms with Crippen LogP contribution < -0.4 is 15.5 Å². The van der Waals surface area contributed by atoms with Gasteiger partial charge in [0, 0.05) is 16.4 Å². The van der Waals surface area contributed by atoms with E-state index >= 15 is 0 Å². The van der Waals surface area contributed by atoms with Gasteiger partial charge in [-0.2, -0.15) is 0 Å². The first-order valence-electron chi connectivity index (χ1n) is 10.1. The quantitative estimate of drug-likeness (QED) is 0.472. The molecule has 6 nitrogen and oxygen atoms in total. The number of halogens is 2. The second-order valence-electron chi connectivity index (χ2n) is 7.48. The van der Waals surface area contributed by atoms with Gasteiger partial charge in [-0.05, 0) is 54.4 Å². The lowest BCUT2D eigenvalue weighted by molar-refractivity contribution is -0.120. The average Bonchev–Trinajstić information content (AvgIpc) is 3.01. The van der Waals surface area contributed by atoms with Gasteiger partial charge in [-0.25, -0.2) is 4.90 Å². The predicted octanol–water partition coefficient (Wildman–Crippen LogP) is 5.27. The van der Waals surface area contributed by atoms with E-state index in [9.17, 15) is 14.4 Å². The Balaban J connectivity index is 1.44. The van der Waals surface area contributed by atoms with E-state index in [0.29, 0.717) is 16.4 Å². The molecule has 0 fully saturated rings. The lowest BCUT2D eigenvalue weighted by atomic mass is 10.1. The minimum absolute atomic E-state index is 0.0204. The third kappa shape index (κ3) is 4.92. The number of imide groups is 1. The smallest absolute Gasteiger partial charge is 0.283 e. The van der Waals surface area contributed by atoms with Crippen LogP contribution in [0.3, 0.4) is 0 Å². The fourth-order valence-corrected chi connectivity index (χ4v) is 3.72. The van der Waals surface area contributed by atoms with Crippen molar-refractivity contribution in [3.05, 3.63) is 99.7 Å². The van der Waals surface area contributed by atoms with Gasteiger partial charge in [-0.1, -0.05) is 59.6 Å². The van der Waals surface area contributed by atoms with Crippen LogP contribution in [0.5, 0.6) is 0 Å². The van der Waals surface area contributed by atoms with Crippen molar-refractivity contribution in [2.45, 2.75) is 13.3 Å². The summed E-state index contributed by atoms with van der Waals surface area (Å²) in [5, 5.41) is 5.99. The molecule has 0 aromatic heterocycles. The van der Waals surface area contributed by atoms with Crippen LogP contribution in [0, 0.1) is 6.92 Å². The number of nitrogens with one attached hydrogen (secondary N) is 2. The molecule has 0 saturated carbocycles. The SMILES string of the molecule is Cc1ccc(N2C(=O)C(Cl)=C(Nc3ccc(CC(=O)Nc4ccccc4)cc3)C2=O)cc1Cl. The maximum atomic E-state index is 12.9. The van der Waals surface area contributed by atoms with Crippen molar-refractivity contribution < 1.29 is 14.4 Å². The van der Waals surface area contributed by atoms with Crippen molar-refractivity contribution in [1.82, 2.24) is 0 Å². The van der Waals surface area contributed by atoms with Crippen molar-refractivity contribution in [3.8, 4) is 0 Å². The summed E-state index contributed by atoms with van der Waals surface area (Å²) in [6.07, 6.45) is 0.192. The molecule has 3 aromatic carbocycles. The van der Waals surface area contributed by atoms with Crippen LogP contribution in [0.2, 0.25) is 5.02 Å². The zero-order chi connectivity index (χ0) is 23.5. The number of amides is 3. The van der Waals surface area contributed by atoms with Crippen LogP contribution in [0.25, 0.3) is 0 Å². The van der Waals surface area contributed by atoms with Gasteiger partial charge in [0.25, 0.3) is 11.8 Å². The number of carbonyl (C=O) groups is 3. The van der Waals surface area contributed by atoms with Crippen LogP contribution in [-0.4, -0.2) is 17.7 Å². The maximum absolute atomic E-state index is 12.9. The summed E-state index contributed by atoms with van der Waals surface area (Å²) in [6.45, 7) is 1.83. The van der Waals surface area contributed by atoms with E-state index in [1.807, 2.05) is 37.3 Å². The number of para-hydroxylation sites is 1. The van der Waals surface area contributed by atoms with Crippen LogP contribution in [-0.2, 0) is 20.8 Å². The monoisotopic (exact) mass is 479 g/mol. The molecule has 0 radical (unpaired) electrons. The molecule has 33 heavy (non-hydrogen) atoms. The first-order valence-corrected chi connectivity index (χ1v) is 10.8. The van der Waals surface area contributed by atoms with Crippen LogP contribution in [0.15, 0.2) is 83.5 Å². The Morgan fingerprint density at radius 1 is 0.879 bits per heavy atom. The third-order valence-corrected chi connectivity index (χ3v) is 5.84. The highest BCUT2D eigenvalue weighted by Crippen LogP contribution is 2.32. The lowest BCUT2D eigenvalue weighted by Gasteiger charge is -2.16. The van der Waals surface area contributed by atoms with Gasteiger partial charge < -0.3 is 10.6 Å². The Morgan fingerprint density at radius 2 is 1.58 bits per heavy atom. The normalized spacial score (nSPS) is 13.5. The number of carbonyl (C=O) groups excluding carboxylic acids is 3. The molecule has 0 spiro atoms. The first-order chi connectivity index (χ1) is 15.8. The number of anilines is 3. The average molecular weight is 480 g/mol. The highest BCUT2D eigenvalue weighted by molar-refractivity contribution is 6.53. The number of rotatable bonds is 6. The zero-order valence-electron chi connectivity index (χ0n) is 17.6. The van der Waals surface area contributed by atoms with Crippen molar-refractivity contribution in [3.63, 3.8) is 0 Å². The van der Waals surface area contributed by atoms with E-state index in [-0.39, 0.29) is 23.1 Å². The summed E-state index contributed by atoms with van der Waals surface area (Å²) in [5.74, 6) is -1.34. The molecule has 4 rings (SSSR count). The number of benzene rings is 3. The maximum Gasteiger partial charge on any atom is 0.283 e. The standard InChI is InChI=1S/C25H19Cl2N3O3/c1-15-7-12-19(14-20(15)26)30-24(32)22(27)23(25(30)33)29-18-10-8-16(9-11-18)13-21(31)28-17-5-3-2-4-6-17/h2-12,14,29H,13H2,1H3,(H,28,31). The summed E-state index contributed by atoms with van der Waals surface area (Å²) in [4.78, 5) is 38.8. The van der Waals surface area contributed by atoms with Gasteiger partial charge in [0.2, 0.25) is 5.91 Å². The van der Waals surface area contributed by atoms with Crippen LogP contribution >= 0.6 is 23.2 Å². The van der Waals surface area contributed by atoms with Crippen LogP contribution in [0.4, 0.5) is 17.1 Å². The highest BCUT2D eigenvalue weighted by Gasteiger charge is 2.39. The Labute approximate surface area is 200 Å². The molecular formula is C25H19Cl2N3O3. The summed E-state index contributed by atoms with van der Waals surface area (Å²) < 4.78 is 0. The molecular weight excluding hydrogens is 461 g/mol. The van der Waals surface area contributed by atoms with Crippen LogP contribution in [0.1, 0.15) is 11.1 Å². The Hall–Kier alpha value is -3.61. The van der Waals surface area contributed by atoms with Gasteiger partial charge in [-0.15, -0.1) is 0 Å². The highest BCUT2D eigenvalue weighted by atomic mass is 35.5. The van der Waals surface area contributed by atoms with Crippen molar-refractivity contribution in [2.24, 2.45) is 0 Å². The molecule has 3 amide bonds. The largest absolute Gasteiger partial charge is 0.350 e. The van der Waals surface area contributed by atoms with E-state index < -0.39 is 11.8 Å². The van der Waals surface area contributed by atoms with E-state index in [1.165, 1.54) is 0 Å². The van der Waals surface area contributed by atoms with Gasteiger partial charge in [-0.3, -0.25) is 14.4 Å². The molecule has 0 unspecified atom stereocenters. The second-order valence-corrected chi connectivity index (χ2v) is 8.27. The molecule has 1 heterocycles. The van der Waals surface area contributed by atoms with Crippen molar-refractivity contribution in [1.29, 1.82) is 0 Å². The zero-order valence-corrected chi connectivity index (χ0v) is 19.1. The fourth-order valence-electron chi connectivity index (χ4n) is 3.33. The molecule has 1 aliphatic rings. The minimum Gasteiger partial charge on any atom is -0.350 e. The summed E-state index contributed by atoms with van der Waals surface area (Å²) in [7, 11) is 0. The Morgan fingerprint density at radius 3 is 2.24 bits per heavy atom. The molecule has 0 aliphatic carbocycles. The summed E-state index contributed by atoms with van der Waals surface area (Å²) in [5.41, 5.74) is 3.23. The van der Waals surface area contributed by atoms with Crippen molar-refractivity contribution >= 4 is 58.0 Å². The fraction of sp³-hybridized carbons (Fsp3) is 0.0800. The second kappa shape index (κ2) is 9.48. The Bertz CT molecular complexity index is 1270. The number of aryl methyl sites for hydroxylation is 1. The number of hydrogen-bond acceptors (Lipinski definition) is 4. The van der Waals surface area contributed by atoms with Gasteiger partial charge in [0.05, 0.1) is 12.1 Å². The Kier molecular flexibility index (Phi) is 6.49. The third-order valence-electron chi connectivity index (χ3n) is 5.09. The van der Waals surface area contributed by atoms with Crippen molar-refractivity contribution in [2.75, 3.05) is 15.5 Å². The molecule has 0 atom stereocenters. The summed E-state index contributed by atoms with van der Waals surface area (Å²) in [6, 6.07) is 21.1.